The predicted octanol–water partition coefficient (Wildman–Crippen LogP) is 11.5. The van der Waals surface area contributed by atoms with Crippen molar-refractivity contribution in [3.05, 3.63) is 72.9 Å². The molecule has 2 atom stereocenters. The number of likely N-dealkylation sites (N-methyl/N-ethyl adjacent to an activating group) is 1. The minimum Gasteiger partial charge on any atom is -0.462 e. The molecule has 0 fully saturated rings. The maximum Gasteiger partial charge on any atom is 0.472 e. The Morgan fingerprint density at radius 3 is 1.61 bits per heavy atom. The van der Waals surface area contributed by atoms with Gasteiger partial charge in [0.25, 0.3) is 0 Å². The number of carbonyl (C=O) groups is 2. The number of phosphoric acid groups is 1. The Hall–Kier alpha value is -2.55. The molecular formula is C44H77NO8P+. The summed E-state index contributed by atoms with van der Waals surface area (Å²) in [5.74, 6) is -0.872. The van der Waals surface area contributed by atoms with Gasteiger partial charge >= 0.3 is 19.8 Å². The molecule has 1 N–H and O–H groups in total. The largest absolute Gasteiger partial charge is 0.472 e. The summed E-state index contributed by atoms with van der Waals surface area (Å²) >= 11 is 0. The molecule has 0 aliphatic heterocycles. The summed E-state index contributed by atoms with van der Waals surface area (Å²) in [5, 5.41) is 0. The zero-order valence-electron chi connectivity index (χ0n) is 34.7. The molecule has 0 aliphatic carbocycles. The van der Waals surface area contributed by atoms with Gasteiger partial charge in [-0.05, 0) is 83.5 Å². The Balaban J connectivity index is 4.51. The summed E-state index contributed by atoms with van der Waals surface area (Å²) in [6.07, 6.45) is 43.8. The summed E-state index contributed by atoms with van der Waals surface area (Å²) in [6, 6.07) is 0. The highest BCUT2D eigenvalue weighted by atomic mass is 31.2. The minimum absolute atomic E-state index is 0.0176. The molecule has 0 spiro atoms. The number of quaternary nitrogens is 1. The number of allylic oxidation sites excluding steroid dienone is 12. The lowest BCUT2D eigenvalue weighted by Gasteiger charge is -2.24. The molecule has 0 bridgehead atoms. The fraction of sp³-hybridized carbons (Fsp3) is 0.682. The quantitative estimate of drug-likeness (QED) is 0.0220. The van der Waals surface area contributed by atoms with Crippen LogP contribution in [0.25, 0.3) is 0 Å². The third-order valence-electron chi connectivity index (χ3n) is 8.22. The van der Waals surface area contributed by atoms with Crippen LogP contribution in [0.5, 0.6) is 0 Å². The van der Waals surface area contributed by atoms with Crippen LogP contribution in [0.4, 0.5) is 0 Å². The van der Waals surface area contributed by atoms with Gasteiger partial charge in [-0.1, -0.05) is 119 Å². The van der Waals surface area contributed by atoms with Crippen LogP contribution in [-0.4, -0.2) is 74.9 Å². The van der Waals surface area contributed by atoms with E-state index in [9.17, 15) is 19.0 Å². The fourth-order valence-electron chi connectivity index (χ4n) is 4.97. The molecule has 9 nitrogen and oxygen atoms in total. The highest BCUT2D eigenvalue weighted by Gasteiger charge is 2.27. The van der Waals surface area contributed by atoms with Gasteiger partial charge in [0.15, 0.2) is 6.10 Å². The average molecular weight is 779 g/mol. The van der Waals surface area contributed by atoms with Crippen LogP contribution < -0.4 is 0 Å². The van der Waals surface area contributed by atoms with Gasteiger partial charge in [-0.2, -0.15) is 0 Å². The Kier molecular flexibility index (Phi) is 34.4. The first kappa shape index (κ1) is 51.5. The molecule has 0 aromatic heterocycles. The van der Waals surface area contributed by atoms with Gasteiger partial charge in [0, 0.05) is 12.8 Å². The van der Waals surface area contributed by atoms with Crippen molar-refractivity contribution >= 4 is 19.8 Å². The Labute approximate surface area is 329 Å². The number of unbranched alkanes of at least 4 members (excludes halogenated alkanes) is 10. The van der Waals surface area contributed by atoms with Crippen LogP contribution in [0.3, 0.4) is 0 Å². The summed E-state index contributed by atoms with van der Waals surface area (Å²) in [6.45, 7) is 4.19. The lowest BCUT2D eigenvalue weighted by molar-refractivity contribution is -0.870. The molecule has 0 rings (SSSR count). The summed E-state index contributed by atoms with van der Waals surface area (Å²) in [7, 11) is 1.43. The van der Waals surface area contributed by atoms with E-state index in [2.05, 4.69) is 86.8 Å². The van der Waals surface area contributed by atoms with Crippen molar-refractivity contribution < 1.29 is 42.1 Å². The van der Waals surface area contributed by atoms with Crippen molar-refractivity contribution in [2.45, 2.75) is 148 Å². The van der Waals surface area contributed by atoms with Gasteiger partial charge in [0.2, 0.25) is 0 Å². The van der Waals surface area contributed by atoms with Gasteiger partial charge in [0.1, 0.15) is 19.8 Å². The molecule has 0 saturated carbocycles. The van der Waals surface area contributed by atoms with Crippen molar-refractivity contribution in [2.75, 3.05) is 47.5 Å². The van der Waals surface area contributed by atoms with Crippen LogP contribution in [0, 0.1) is 0 Å². The van der Waals surface area contributed by atoms with E-state index in [1.807, 2.05) is 21.1 Å². The minimum atomic E-state index is -4.39. The van der Waals surface area contributed by atoms with Crippen LogP contribution in [0.1, 0.15) is 142 Å². The van der Waals surface area contributed by atoms with Gasteiger partial charge in [-0.15, -0.1) is 0 Å². The van der Waals surface area contributed by atoms with E-state index in [1.165, 1.54) is 19.3 Å². The average Bonchev–Trinajstić information content (AvgIpc) is 3.12. The SMILES string of the molecule is CC/C=C/C/C=C/C/C=C/CCCCCCCC(=O)OC[C@H](COP(=O)(O)OCC[N+](C)(C)C)OC(=O)CCCC/C=C/C/C=C/C/C=C/CCCCC. The van der Waals surface area contributed by atoms with Crippen molar-refractivity contribution in [1.29, 1.82) is 0 Å². The molecular weight excluding hydrogens is 701 g/mol. The molecule has 0 heterocycles. The number of carbonyl (C=O) groups excluding carboxylic acids is 2. The predicted molar refractivity (Wildman–Crippen MR) is 224 cm³/mol. The zero-order chi connectivity index (χ0) is 40.0. The maximum absolute atomic E-state index is 12.6. The van der Waals surface area contributed by atoms with E-state index in [1.54, 1.807) is 0 Å². The molecule has 10 heteroatoms. The number of hydrogen-bond acceptors (Lipinski definition) is 7. The van der Waals surface area contributed by atoms with E-state index < -0.39 is 32.5 Å². The van der Waals surface area contributed by atoms with Crippen LogP contribution in [0.2, 0.25) is 0 Å². The highest BCUT2D eigenvalue weighted by molar-refractivity contribution is 7.47. The third-order valence-corrected chi connectivity index (χ3v) is 9.20. The number of hydrogen-bond donors (Lipinski definition) is 1. The van der Waals surface area contributed by atoms with Crippen molar-refractivity contribution in [1.82, 2.24) is 0 Å². The molecule has 310 valence electrons. The van der Waals surface area contributed by atoms with E-state index in [0.29, 0.717) is 23.9 Å². The number of rotatable bonds is 36. The Morgan fingerprint density at radius 2 is 1.06 bits per heavy atom. The van der Waals surface area contributed by atoms with Gasteiger partial charge in [0.05, 0.1) is 27.7 Å². The molecule has 0 radical (unpaired) electrons. The van der Waals surface area contributed by atoms with Crippen molar-refractivity contribution in [2.24, 2.45) is 0 Å². The van der Waals surface area contributed by atoms with E-state index >= 15 is 0 Å². The lowest BCUT2D eigenvalue weighted by atomic mass is 10.1. The molecule has 0 aromatic rings. The molecule has 0 saturated heterocycles. The first-order valence-electron chi connectivity index (χ1n) is 20.7. The second kappa shape index (κ2) is 36.1. The summed E-state index contributed by atoms with van der Waals surface area (Å²) in [5.41, 5.74) is 0. The smallest absolute Gasteiger partial charge is 0.462 e. The van der Waals surface area contributed by atoms with Crippen LogP contribution >= 0.6 is 7.82 Å². The molecule has 1 unspecified atom stereocenters. The second-order valence-corrected chi connectivity index (χ2v) is 16.1. The third kappa shape index (κ3) is 39.2. The zero-order valence-corrected chi connectivity index (χ0v) is 35.6. The standard InChI is InChI=1S/C44H76NO8P/c1-6-8-10-12-14-16-18-20-22-24-26-28-30-32-34-36-43(46)50-40-42(41-52-54(48,49)51-39-38-45(3,4)5)53-44(47)37-35-33-31-29-27-25-23-21-19-17-15-13-11-9-7-2/h8,10,14-17,20-23,27,29,42H,6-7,9,11-13,18-19,24-26,28,30-41H2,1-5H3/p+1/b10-8+,16-14+,17-15+,22-20+,23-21+,29-27+/t42-/m1/s1. The first-order chi connectivity index (χ1) is 26.0. The van der Waals surface area contributed by atoms with Gasteiger partial charge in [-0.25, -0.2) is 4.57 Å². The summed E-state index contributed by atoms with van der Waals surface area (Å²) in [4.78, 5) is 35.3. The van der Waals surface area contributed by atoms with Crippen LogP contribution in [-0.2, 0) is 32.7 Å². The highest BCUT2D eigenvalue weighted by Crippen LogP contribution is 2.43. The number of ether oxygens (including phenoxy) is 2. The van der Waals surface area contributed by atoms with E-state index in [0.717, 1.165) is 83.5 Å². The van der Waals surface area contributed by atoms with Gasteiger partial charge in [-0.3, -0.25) is 18.6 Å². The maximum atomic E-state index is 12.6. The fourth-order valence-corrected chi connectivity index (χ4v) is 5.72. The number of nitrogens with zero attached hydrogens (tertiary/aromatic N) is 1. The van der Waals surface area contributed by atoms with Crippen molar-refractivity contribution in [3.63, 3.8) is 0 Å². The number of phosphoric ester groups is 1. The molecule has 0 aliphatic rings. The van der Waals surface area contributed by atoms with E-state index in [4.69, 9.17) is 18.5 Å². The molecule has 54 heavy (non-hydrogen) atoms. The summed E-state index contributed by atoms with van der Waals surface area (Å²) < 4.78 is 34.2. The topological polar surface area (TPSA) is 108 Å². The van der Waals surface area contributed by atoms with Crippen LogP contribution in [0.15, 0.2) is 72.9 Å². The monoisotopic (exact) mass is 779 g/mol. The van der Waals surface area contributed by atoms with Gasteiger partial charge < -0.3 is 18.9 Å². The van der Waals surface area contributed by atoms with Crippen molar-refractivity contribution in [3.8, 4) is 0 Å². The molecule has 0 amide bonds. The molecule has 0 aromatic carbocycles. The normalized spacial score (nSPS) is 14.4. The second-order valence-electron chi connectivity index (χ2n) is 14.6. The number of esters is 2. The first-order valence-corrected chi connectivity index (χ1v) is 22.2. The Bertz CT molecular complexity index is 1150. The Morgan fingerprint density at radius 1 is 0.593 bits per heavy atom. The van der Waals surface area contributed by atoms with E-state index in [-0.39, 0.29) is 26.1 Å². The lowest BCUT2D eigenvalue weighted by Crippen LogP contribution is -2.37.